The Morgan fingerprint density at radius 2 is 1.75 bits per heavy atom. The lowest BCUT2D eigenvalue weighted by molar-refractivity contribution is 0.212. The first-order valence-electron chi connectivity index (χ1n) is 6.39. The largest absolute Gasteiger partial charge is 0.229 e. The number of hydrogen-bond acceptors (Lipinski definition) is 2. The normalized spacial score (nSPS) is 32.7. The van der Waals surface area contributed by atoms with Crippen LogP contribution < -0.4 is 0 Å². The molecule has 2 rings (SSSR count). The summed E-state index contributed by atoms with van der Waals surface area (Å²) in [5.41, 5.74) is 0. The van der Waals surface area contributed by atoms with Gasteiger partial charge in [-0.15, -0.1) is 0 Å². The molecule has 0 N–H and O–H groups in total. The van der Waals surface area contributed by atoms with Gasteiger partial charge in [0.15, 0.2) is 9.84 Å². The molecule has 2 nitrogen and oxygen atoms in total. The van der Waals surface area contributed by atoms with Gasteiger partial charge in [0.25, 0.3) is 0 Å². The second-order valence-corrected chi connectivity index (χ2v) is 8.26. The molecule has 2 fully saturated rings. The molecule has 2 atom stereocenters. The van der Waals surface area contributed by atoms with Crippen LogP contribution in [0.2, 0.25) is 0 Å². The summed E-state index contributed by atoms with van der Waals surface area (Å²) in [6.07, 6.45) is 7.57. The molecule has 94 valence electrons. The fourth-order valence-corrected chi connectivity index (χ4v) is 6.31. The Bertz CT molecular complexity index is 320. The van der Waals surface area contributed by atoms with Crippen molar-refractivity contribution in [3.05, 3.63) is 0 Å². The zero-order valence-corrected chi connectivity index (χ0v) is 12.1. The van der Waals surface area contributed by atoms with Crippen LogP contribution in [0.4, 0.5) is 0 Å². The Hall–Kier alpha value is 0.430. The molecule has 1 saturated heterocycles. The van der Waals surface area contributed by atoms with Crippen LogP contribution >= 0.6 is 15.9 Å². The van der Waals surface area contributed by atoms with Crippen LogP contribution in [0.1, 0.15) is 38.5 Å². The summed E-state index contributed by atoms with van der Waals surface area (Å²) in [6, 6.07) is 0. The van der Waals surface area contributed by atoms with Crippen LogP contribution in [-0.4, -0.2) is 25.3 Å². The van der Waals surface area contributed by atoms with Crippen LogP contribution in [0.15, 0.2) is 0 Å². The molecule has 0 amide bonds. The zero-order chi connectivity index (χ0) is 11.6. The van der Waals surface area contributed by atoms with Gasteiger partial charge in [0, 0.05) is 5.33 Å². The summed E-state index contributed by atoms with van der Waals surface area (Å²) >= 11 is 3.60. The van der Waals surface area contributed by atoms with Gasteiger partial charge < -0.3 is 0 Å². The van der Waals surface area contributed by atoms with Crippen molar-refractivity contribution in [3.63, 3.8) is 0 Å². The van der Waals surface area contributed by atoms with E-state index in [-0.39, 0.29) is 0 Å². The van der Waals surface area contributed by atoms with Crippen LogP contribution in [0.5, 0.6) is 0 Å². The van der Waals surface area contributed by atoms with E-state index in [1.54, 1.807) is 0 Å². The van der Waals surface area contributed by atoms with Crippen LogP contribution in [0.3, 0.4) is 0 Å². The standard InChI is InChI=1S/C12H21BrO2S/c13-8-12(10-4-2-1-3-5-10)11-6-7-16(14,15)9-11/h10-12H,1-9H2. The van der Waals surface area contributed by atoms with Gasteiger partial charge in [-0.25, -0.2) is 8.42 Å². The number of rotatable bonds is 3. The Morgan fingerprint density at radius 1 is 1.06 bits per heavy atom. The summed E-state index contributed by atoms with van der Waals surface area (Å²) in [5.74, 6) is 2.66. The van der Waals surface area contributed by atoms with Gasteiger partial charge in [-0.2, -0.15) is 0 Å². The average molecular weight is 309 g/mol. The molecule has 0 bridgehead atoms. The lowest BCUT2D eigenvalue weighted by atomic mass is 9.75. The van der Waals surface area contributed by atoms with Crippen molar-refractivity contribution in [2.24, 2.45) is 17.8 Å². The quantitative estimate of drug-likeness (QED) is 0.751. The van der Waals surface area contributed by atoms with E-state index >= 15 is 0 Å². The summed E-state index contributed by atoms with van der Waals surface area (Å²) in [5, 5.41) is 0.984. The predicted molar refractivity (Wildman–Crippen MR) is 70.6 cm³/mol. The lowest BCUT2D eigenvalue weighted by Gasteiger charge is -2.32. The van der Waals surface area contributed by atoms with E-state index in [2.05, 4.69) is 15.9 Å². The van der Waals surface area contributed by atoms with Crippen molar-refractivity contribution < 1.29 is 8.42 Å². The third kappa shape index (κ3) is 3.00. The minimum absolute atomic E-state index is 0.424. The summed E-state index contributed by atoms with van der Waals surface area (Å²) in [7, 11) is -2.71. The van der Waals surface area contributed by atoms with Crippen molar-refractivity contribution in [2.75, 3.05) is 16.8 Å². The molecule has 2 aliphatic rings. The Morgan fingerprint density at radius 3 is 2.25 bits per heavy atom. The first-order chi connectivity index (χ1) is 7.62. The molecule has 0 radical (unpaired) electrons. The van der Waals surface area contributed by atoms with Crippen LogP contribution in [0.25, 0.3) is 0 Å². The summed E-state index contributed by atoms with van der Waals surface area (Å²) < 4.78 is 23.1. The first-order valence-corrected chi connectivity index (χ1v) is 9.33. The summed E-state index contributed by atoms with van der Waals surface area (Å²) in [4.78, 5) is 0. The van der Waals surface area contributed by atoms with E-state index in [9.17, 15) is 8.42 Å². The van der Waals surface area contributed by atoms with Crippen molar-refractivity contribution in [1.82, 2.24) is 0 Å². The third-order valence-electron chi connectivity index (χ3n) is 4.31. The van der Waals surface area contributed by atoms with Crippen LogP contribution in [-0.2, 0) is 9.84 Å². The molecule has 1 saturated carbocycles. The molecule has 4 heteroatoms. The highest BCUT2D eigenvalue weighted by Crippen LogP contribution is 2.39. The van der Waals surface area contributed by atoms with E-state index in [0.717, 1.165) is 17.7 Å². The second kappa shape index (κ2) is 5.38. The predicted octanol–water partition coefficient (Wildman–Crippen LogP) is 3.01. The van der Waals surface area contributed by atoms with Gasteiger partial charge in [0.2, 0.25) is 0 Å². The molecule has 0 aromatic carbocycles. The molecule has 1 aliphatic heterocycles. The SMILES string of the molecule is O=S1(=O)CCC(C(CBr)C2CCCCC2)C1. The van der Waals surface area contributed by atoms with Gasteiger partial charge in [0.05, 0.1) is 11.5 Å². The Labute approximate surface area is 107 Å². The van der Waals surface area contributed by atoms with Crippen molar-refractivity contribution >= 4 is 25.8 Å². The van der Waals surface area contributed by atoms with Gasteiger partial charge in [-0.05, 0) is 24.2 Å². The fourth-order valence-electron chi connectivity index (χ4n) is 3.36. The molecule has 0 aromatic heterocycles. The van der Waals surface area contributed by atoms with E-state index in [1.165, 1.54) is 32.1 Å². The van der Waals surface area contributed by atoms with E-state index < -0.39 is 9.84 Å². The van der Waals surface area contributed by atoms with E-state index in [1.807, 2.05) is 0 Å². The maximum absolute atomic E-state index is 11.5. The van der Waals surface area contributed by atoms with Crippen molar-refractivity contribution in [2.45, 2.75) is 38.5 Å². The van der Waals surface area contributed by atoms with Gasteiger partial charge in [-0.1, -0.05) is 48.0 Å². The molecule has 0 spiro atoms. The van der Waals surface area contributed by atoms with Gasteiger partial charge in [0.1, 0.15) is 0 Å². The number of hydrogen-bond donors (Lipinski definition) is 0. The number of halogens is 1. The smallest absolute Gasteiger partial charge is 0.150 e. The zero-order valence-electron chi connectivity index (χ0n) is 9.70. The van der Waals surface area contributed by atoms with Crippen LogP contribution in [0, 0.1) is 17.8 Å². The van der Waals surface area contributed by atoms with E-state index in [4.69, 9.17) is 0 Å². The lowest BCUT2D eigenvalue weighted by Crippen LogP contribution is -2.27. The molecule has 0 aromatic rings. The Balaban J connectivity index is 1.99. The Kier molecular flexibility index (Phi) is 4.33. The maximum atomic E-state index is 11.5. The monoisotopic (exact) mass is 308 g/mol. The molecule has 2 unspecified atom stereocenters. The maximum Gasteiger partial charge on any atom is 0.150 e. The molecule has 16 heavy (non-hydrogen) atoms. The average Bonchev–Trinajstić information content (AvgIpc) is 2.62. The highest BCUT2D eigenvalue weighted by molar-refractivity contribution is 9.09. The number of sulfone groups is 1. The number of alkyl halides is 1. The topological polar surface area (TPSA) is 34.1 Å². The second-order valence-electron chi connectivity index (χ2n) is 5.38. The molecular weight excluding hydrogens is 288 g/mol. The molecule has 1 aliphatic carbocycles. The van der Waals surface area contributed by atoms with E-state index in [0.29, 0.717) is 23.3 Å². The van der Waals surface area contributed by atoms with Gasteiger partial charge >= 0.3 is 0 Å². The third-order valence-corrected chi connectivity index (χ3v) is 6.85. The molecular formula is C12H21BrO2S. The highest BCUT2D eigenvalue weighted by atomic mass is 79.9. The van der Waals surface area contributed by atoms with Gasteiger partial charge in [-0.3, -0.25) is 0 Å². The van der Waals surface area contributed by atoms with Crippen molar-refractivity contribution in [1.29, 1.82) is 0 Å². The molecule has 1 heterocycles. The highest BCUT2D eigenvalue weighted by Gasteiger charge is 2.37. The minimum Gasteiger partial charge on any atom is -0.229 e. The fraction of sp³-hybridized carbons (Fsp3) is 1.00. The minimum atomic E-state index is -2.71. The van der Waals surface area contributed by atoms with Crippen molar-refractivity contribution in [3.8, 4) is 0 Å². The first kappa shape index (κ1) is 12.9. The summed E-state index contributed by atoms with van der Waals surface area (Å²) in [6.45, 7) is 0.